The van der Waals surface area contributed by atoms with Crippen LogP contribution in [-0.2, 0) is 9.47 Å². The maximum atomic E-state index is 13.7. The van der Waals surface area contributed by atoms with Gasteiger partial charge in [0.25, 0.3) is 0 Å². The number of carbonyl (C=O) groups excluding carboxylic acids is 1. The number of nitrogens with zero attached hydrogens (tertiary/aromatic N) is 5. The predicted octanol–water partition coefficient (Wildman–Crippen LogP) is 4.16. The molecule has 5 rings (SSSR count). The number of ether oxygens (including phenoxy) is 2. The first kappa shape index (κ1) is 24.6. The van der Waals surface area contributed by atoms with Crippen LogP contribution >= 0.6 is 0 Å². The smallest absolute Gasteiger partial charge is 0.356 e. The first-order valence-electron chi connectivity index (χ1n) is 12.7. The van der Waals surface area contributed by atoms with Crippen molar-refractivity contribution in [2.75, 3.05) is 52.4 Å². The van der Waals surface area contributed by atoms with E-state index in [0.29, 0.717) is 23.3 Å². The zero-order valence-electron chi connectivity index (χ0n) is 21.2. The number of piperidine rings is 1. The zero-order chi connectivity index (χ0) is 25.2. The summed E-state index contributed by atoms with van der Waals surface area (Å²) in [6.45, 7) is 3.36. The van der Waals surface area contributed by atoms with Crippen LogP contribution in [0, 0.1) is 5.82 Å². The van der Waals surface area contributed by atoms with Crippen molar-refractivity contribution < 1.29 is 18.7 Å². The summed E-state index contributed by atoms with van der Waals surface area (Å²) in [5.41, 5.74) is 3.57. The van der Waals surface area contributed by atoms with E-state index in [9.17, 15) is 9.18 Å². The third-order valence-corrected chi connectivity index (χ3v) is 7.68. The Morgan fingerprint density at radius 1 is 1.14 bits per heavy atom. The molecule has 0 radical (unpaired) electrons. The van der Waals surface area contributed by atoms with E-state index in [4.69, 9.17) is 19.6 Å². The topological polar surface area (TPSA) is 72.7 Å². The molecule has 2 fully saturated rings. The van der Waals surface area contributed by atoms with Crippen molar-refractivity contribution >= 4 is 22.7 Å². The highest BCUT2D eigenvalue weighted by Gasteiger charge is 2.32. The Kier molecular flexibility index (Phi) is 7.20. The summed E-state index contributed by atoms with van der Waals surface area (Å²) in [6, 6.07) is 8.58. The maximum absolute atomic E-state index is 13.7. The number of hydrogen-bond donors (Lipinski definition) is 0. The molecule has 8 nitrogen and oxygen atoms in total. The number of carbonyl (C=O) groups is 1. The molecule has 1 saturated heterocycles. The van der Waals surface area contributed by atoms with Gasteiger partial charge in [-0.3, -0.25) is 0 Å². The van der Waals surface area contributed by atoms with Crippen LogP contribution in [0.25, 0.3) is 16.7 Å². The average molecular weight is 496 g/mol. The largest absolute Gasteiger partial charge is 0.464 e. The summed E-state index contributed by atoms with van der Waals surface area (Å²) < 4.78 is 25.7. The molecule has 1 saturated carbocycles. The second-order valence-corrected chi connectivity index (χ2v) is 9.81. The van der Waals surface area contributed by atoms with Crippen molar-refractivity contribution in [1.29, 1.82) is 0 Å². The maximum Gasteiger partial charge on any atom is 0.356 e. The number of benzene rings is 1. The fourth-order valence-corrected chi connectivity index (χ4v) is 5.28. The van der Waals surface area contributed by atoms with Gasteiger partial charge in [-0.1, -0.05) is 6.42 Å². The number of hydrogen-bond acceptors (Lipinski definition) is 7. The molecule has 1 aliphatic carbocycles. The van der Waals surface area contributed by atoms with E-state index in [1.165, 1.54) is 25.7 Å². The van der Waals surface area contributed by atoms with Gasteiger partial charge in [0, 0.05) is 38.7 Å². The van der Waals surface area contributed by atoms with Gasteiger partial charge in [0.1, 0.15) is 5.82 Å². The number of aromatic nitrogens is 3. The fourth-order valence-electron chi connectivity index (χ4n) is 5.28. The SMILES string of the molecule is COCCN(C)C1CCN(c2cc(C(=O)OC)nc3c2c(C2CCC2)nn3-c2ccc(F)cc2)CC1. The molecule has 0 amide bonds. The molecule has 3 heterocycles. The highest BCUT2D eigenvalue weighted by molar-refractivity contribution is 5.99. The van der Waals surface area contributed by atoms with Gasteiger partial charge in [0.15, 0.2) is 11.3 Å². The molecule has 0 unspecified atom stereocenters. The lowest BCUT2D eigenvalue weighted by Gasteiger charge is -2.38. The Bertz CT molecular complexity index is 1220. The molecule has 36 heavy (non-hydrogen) atoms. The average Bonchev–Trinajstić information content (AvgIpc) is 3.24. The van der Waals surface area contributed by atoms with Gasteiger partial charge in [-0.25, -0.2) is 18.9 Å². The first-order chi connectivity index (χ1) is 17.5. The van der Waals surface area contributed by atoms with E-state index >= 15 is 0 Å². The quantitative estimate of drug-likeness (QED) is 0.435. The standard InChI is InChI=1S/C27H34FN5O3/c1-31(15-16-35-2)20-11-13-32(14-12-20)23-17-22(27(34)36-3)29-26-24(23)25(18-5-4-6-18)30-33(26)21-9-7-19(28)8-10-21/h7-10,17-18,20H,4-6,11-16H2,1-3H3. The summed E-state index contributed by atoms with van der Waals surface area (Å²) in [6.07, 6.45) is 5.38. The predicted molar refractivity (Wildman–Crippen MR) is 136 cm³/mol. The van der Waals surface area contributed by atoms with Gasteiger partial charge in [-0.05, 0) is 63.1 Å². The van der Waals surface area contributed by atoms with Crippen LogP contribution in [0.5, 0.6) is 0 Å². The van der Waals surface area contributed by atoms with Crippen LogP contribution in [0.15, 0.2) is 30.3 Å². The monoisotopic (exact) mass is 495 g/mol. The number of rotatable bonds is 8. The summed E-state index contributed by atoms with van der Waals surface area (Å²) in [4.78, 5) is 22.1. The van der Waals surface area contributed by atoms with Crippen LogP contribution < -0.4 is 4.90 Å². The molecule has 0 N–H and O–H groups in total. The minimum absolute atomic E-state index is 0.253. The van der Waals surface area contributed by atoms with E-state index < -0.39 is 5.97 Å². The van der Waals surface area contributed by atoms with Gasteiger partial charge < -0.3 is 19.3 Å². The molecule has 0 spiro atoms. The van der Waals surface area contributed by atoms with Crippen molar-refractivity contribution in [2.24, 2.45) is 0 Å². The molecular weight excluding hydrogens is 461 g/mol. The highest BCUT2D eigenvalue weighted by Crippen LogP contribution is 2.43. The fraction of sp³-hybridized carbons (Fsp3) is 0.519. The van der Waals surface area contributed by atoms with E-state index in [1.54, 1.807) is 23.9 Å². The Labute approximate surface area is 211 Å². The summed E-state index contributed by atoms with van der Waals surface area (Å²) in [5, 5.41) is 5.99. The molecular formula is C27H34FN5O3. The summed E-state index contributed by atoms with van der Waals surface area (Å²) in [5.74, 6) is -0.433. The normalized spacial score (nSPS) is 17.1. The summed E-state index contributed by atoms with van der Waals surface area (Å²) >= 11 is 0. The molecule has 192 valence electrons. The molecule has 1 aromatic carbocycles. The molecule has 2 aromatic heterocycles. The van der Waals surface area contributed by atoms with Crippen molar-refractivity contribution in [1.82, 2.24) is 19.7 Å². The number of fused-ring (bicyclic) bond motifs is 1. The molecule has 0 bridgehead atoms. The van der Waals surface area contributed by atoms with Crippen LogP contribution in [0.2, 0.25) is 0 Å². The van der Waals surface area contributed by atoms with Crippen molar-refractivity contribution in [3.63, 3.8) is 0 Å². The Morgan fingerprint density at radius 2 is 1.86 bits per heavy atom. The van der Waals surface area contributed by atoms with Crippen LogP contribution in [0.1, 0.15) is 54.2 Å². The lowest BCUT2D eigenvalue weighted by molar-refractivity contribution is 0.0594. The van der Waals surface area contributed by atoms with E-state index in [2.05, 4.69) is 16.8 Å². The third-order valence-electron chi connectivity index (χ3n) is 7.68. The zero-order valence-corrected chi connectivity index (χ0v) is 21.2. The van der Waals surface area contributed by atoms with Crippen LogP contribution in [0.4, 0.5) is 10.1 Å². The number of pyridine rings is 1. The first-order valence-corrected chi connectivity index (χ1v) is 12.7. The van der Waals surface area contributed by atoms with Crippen LogP contribution in [0.3, 0.4) is 0 Å². The second kappa shape index (κ2) is 10.5. The number of anilines is 1. The third kappa shape index (κ3) is 4.69. The van der Waals surface area contributed by atoms with Crippen molar-refractivity contribution in [3.8, 4) is 5.69 Å². The highest BCUT2D eigenvalue weighted by atomic mass is 19.1. The van der Waals surface area contributed by atoms with E-state index in [-0.39, 0.29) is 11.5 Å². The van der Waals surface area contributed by atoms with Gasteiger partial charge in [0.05, 0.1) is 36.2 Å². The lowest BCUT2D eigenvalue weighted by atomic mass is 9.82. The summed E-state index contributed by atoms with van der Waals surface area (Å²) in [7, 11) is 5.25. The number of esters is 1. The van der Waals surface area contributed by atoms with Crippen LogP contribution in [-0.4, -0.2) is 79.2 Å². The number of halogens is 1. The molecule has 1 aliphatic heterocycles. The minimum atomic E-state index is -0.482. The Hall–Kier alpha value is -3.04. The molecule has 9 heteroatoms. The molecule has 3 aromatic rings. The molecule has 2 aliphatic rings. The van der Waals surface area contributed by atoms with Gasteiger partial charge >= 0.3 is 5.97 Å². The number of methoxy groups -OCH3 is 2. The van der Waals surface area contributed by atoms with Gasteiger partial charge in [0.2, 0.25) is 0 Å². The second-order valence-electron chi connectivity index (χ2n) is 9.81. The van der Waals surface area contributed by atoms with E-state index in [1.807, 2.05) is 6.07 Å². The van der Waals surface area contributed by atoms with E-state index in [0.717, 1.165) is 68.7 Å². The minimum Gasteiger partial charge on any atom is -0.464 e. The molecule has 0 atom stereocenters. The Morgan fingerprint density at radius 3 is 2.47 bits per heavy atom. The number of likely N-dealkylation sites (N-methyl/N-ethyl adjacent to an activating group) is 1. The van der Waals surface area contributed by atoms with Crippen molar-refractivity contribution in [2.45, 2.75) is 44.1 Å². The van der Waals surface area contributed by atoms with Gasteiger partial charge in [-0.15, -0.1) is 0 Å². The lowest BCUT2D eigenvalue weighted by Crippen LogP contribution is -2.44. The Balaban J connectivity index is 1.58. The van der Waals surface area contributed by atoms with Gasteiger partial charge in [-0.2, -0.15) is 5.10 Å². The van der Waals surface area contributed by atoms with Crippen molar-refractivity contribution in [3.05, 3.63) is 47.5 Å².